The van der Waals surface area contributed by atoms with Gasteiger partial charge in [-0.2, -0.15) is 0 Å². The van der Waals surface area contributed by atoms with Crippen LogP contribution in [0.15, 0.2) is 34.9 Å². The highest BCUT2D eigenvalue weighted by atomic mass is 16.5. The minimum absolute atomic E-state index is 0.841. The molecule has 2 aromatic rings. The molecule has 0 amide bonds. The van der Waals surface area contributed by atoms with Crippen molar-refractivity contribution in [3.63, 3.8) is 0 Å². The minimum atomic E-state index is 0.841. The summed E-state index contributed by atoms with van der Waals surface area (Å²) in [6.45, 7) is 0.841. The molecule has 0 radical (unpaired) electrons. The molecule has 18 heavy (non-hydrogen) atoms. The zero-order valence-corrected chi connectivity index (χ0v) is 10.7. The van der Waals surface area contributed by atoms with Gasteiger partial charge in [0.25, 0.3) is 0 Å². The van der Waals surface area contributed by atoms with Crippen LogP contribution in [0.25, 0.3) is 11.0 Å². The molecule has 1 heterocycles. The van der Waals surface area contributed by atoms with Crippen molar-refractivity contribution in [1.82, 2.24) is 0 Å². The van der Waals surface area contributed by atoms with Gasteiger partial charge in [-0.3, -0.25) is 0 Å². The SMILES string of the molecule is c1cc2cc(OCCC3CCCCC3)ccc2o1. The molecule has 0 saturated heterocycles. The van der Waals surface area contributed by atoms with Crippen molar-refractivity contribution in [2.45, 2.75) is 38.5 Å². The van der Waals surface area contributed by atoms with Crippen LogP contribution >= 0.6 is 0 Å². The number of hydrogen-bond acceptors (Lipinski definition) is 2. The molecule has 1 aromatic heterocycles. The van der Waals surface area contributed by atoms with Gasteiger partial charge >= 0.3 is 0 Å². The fourth-order valence-corrected chi connectivity index (χ4v) is 2.85. The third-order valence-electron chi connectivity index (χ3n) is 3.94. The number of fused-ring (bicyclic) bond motifs is 1. The van der Waals surface area contributed by atoms with Crippen LogP contribution in [0.5, 0.6) is 5.75 Å². The minimum Gasteiger partial charge on any atom is -0.494 e. The van der Waals surface area contributed by atoms with Crippen molar-refractivity contribution in [2.24, 2.45) is 5.92 Å². The van der Waals surface area contributed by atoms with Crippen molar-refractivity contribution < 1.29 is 9.15 Å². The lowest BCUT2D eigenvalue weighted by molar-refractivity contribution is 0.246. The molecule has 1 saturated carbocycles. The average molecular weight is 244 g/mol. The number of hydrogen-bond donors (Lipinski definition) is 0. The van der Waals surface area contributed by atoms with Crippen molar-refractivity contribution in [3.05, 3.63) is 30.5 Å². The van der Waals surface area contributed by atoms with Crippen LogP contribution in [0.3, 0.4) is 0 Å². The second kappa shape index (κ2) is 5.47. The first-order valence-electron chi connectivity index (χ1n) is 7.02. The Kier molecular flexibility index (Phi) is 3.54. The molecule has 0 unspecified atom stereocenters. The molecule has 3 rings (SSSR count). The Labute approximate surface area is 108 Å². The quantitative estimate of drug-likeness (QED) is 0.772. The fourth-order valence-electron chi connectivity index (χ4n) is 2.85. The molecule has 1 fully saturated rings. The van der Waals surface area contributed by atoms with Crippen LogP contribution in [0.4, 0.5) is 0 Å². The van der Waals surface area contributed by atoms with E-state index in [0.717, 1.165) is 29.2 Å². The van der Waals surface area contributed by atoms with Gasteiger partial charge < -0.3 is 9.15 Å². The molecule has 0 N–H and O–H groups in total. The molecule has 2 nitrogen and oxygen atoms in total. The lowest BCUT2D eigenvalue weighted by Gasteiger charge is -2.21. The Morgan fingerprint density at radius 2 is 2.00 bits per heavy atom. The van der Waals surface area contributed by atoms with E-state index in [1.807, 2.05) is 18.2 Å². The second-order valence-electron chi connectivity index (χ2n) is 5.26. The van der Waals surface area contributed by atoms with Gasteiger partial charge in [0.15, 0.2) is 0 Å². The smallest absolute Gasteiger partial charge is 0.134 e. The monoisotopic (exact) mass is 244 g/mol. The van der Waals surface area contributed by atoms with Gasteiger partial charge in [-0.05, 0) is 36.6 Å². The maximum Gasteiger partial charge on any atom is 0.134 e. The van der Waals surface area contributed by atoms with Crippen LogP contribution < -0.4 is 4.74 Å². The number of rotatable bonds is 4. The first-order valence-corrected chi connectivity index (χ1v) is 7.02. The summed E-state index contributed by atoms with van der Waals surface area (Å²) < 4.78 is 11.2. The van der Waals surface area contributed by atoms with Crippen LogP contribution in [0.1, 0.15) is 38.5 Å². The summed E-state index contributed by atoms with van der Waals surface area (Å²) in [6.07, 6.45) is 9.94. The van der Waals surface area contributed by atoms with Gasteiger partial charge in [-0.15, -0.1) is 0 Å². The lowest BCUT2D eigenvalue weighted by Crippen LogP contribution is -2.10. The molecule has 96 valence electrons. The topological polar surface area (TPSA) is 22.4 Å². The zero-order chi connectivity index (χ0) is 12.2. The Balaban J connectivity index is 1.52. The summed E-state index contributed by atoms with van der Waals surface area (Å²) in [5, 5.41) is 1.12. The van der Waals surface area contributed by atoms with Gasteiger partial charge in [0.2, 0.25) is 0 Å². The van der Waals surface area contributed by atoms with Crippen molar-refractivity contribution in [1.29, 1.82) is 0 Å². The molecule has 0 aliphatic heterocycles. The summed E-state index contributed by atoms with van der Waals surface area (Å²) >= 11 is 0. The molecule has 0 bridgehead atoms. The summed E-state index contributed by atoms with van der Waals surface area (Å²) in [7, 11) is 0. The lowest BCUT2D eigenvalue weighted by atomic mass is 9.87. The second-order valence-corrected chi connectivity index (χ2v) is 5.26. The van der Waals surface area contributed by atoms with Gasteiger partial charge in [0.1, 0.15) is 11.3 Å². The highest BCUT2D eigenvalue weighted by molar-refractivity contribution is 5.78. The number of ether oxygens (including phenoxy) is 1. The molecular formula is C16H20O2. The van der Waals surface area contributed by atoms with E-state index in [1.165, 1.54) is 38.5 Å². The molecule has 1 aliphatic rings. The van der Waals surface area contributed by atoms with E-state index >= 15 is 0 Å². The molecule has 0 atom stereocenters. The zero-order valence-electron chi connectivity index (χ0n) is 10.7. The van der Waals surface area contributed by atoms with Crippen LogP contribution in [-0.2, 0) is 0 Å². The third-order valence-corrected chi connectivity index (χ3v) is 3.94. The largest absolute Gasteiger partial charge is 0.494 e. The summed E-state index contributed by atoms with van der Waals surface area (Å²) in [5.74, 6) is 1.84. The summed E-state index contributed by atoms with van der Waals surface area (Å²) in [6, 6.07) is 8.00. The average Bonchev–Trinajstić information content (AvgIpc) is 2.87. The van der Waals surface area contributed by atoms with E-state index in [0.29, 0.717) is 0 Å². The number of benzene rings is 1. The molecular weight excluding hydrogens is 224 g/mol. The Morgan fingerprint density at radius 3 is 2.89 bits per heavy atom. The molecule has 0 spiro atoms. The Hall–Kier alpha value is -1.44. The predicted octanol–water partition coefficient (Wildman–Crippen LogP) is 4.78. The number of furan rings is 1. The highest BCUT2D eigenvalue weighted by Crippen LogP contribution is 2.27. The third kappa shape index (κ3) is 2.69. The van der Waals surface area contributed by atoms with Crippen LogP contribution in [-0.4, -0.2) is 6.61 Å². The molecule has 1 aliphatic carbocycles. The van der Waals surface area contributed by atoms with Crippen LogP contribution in [0.2, 0.25) is 0 Å². The fraction of sp³-hybridized carbons (Fsp3) is 0.500. The van der Waals surface area contributed by atoms with Crippen molar-refractivity contribution in [3.8, 4) is 5.75 Å². The Morgan fingerprint density at radius 1 is 1.11 bits per heavy atom. The molecule has 2 heteroatoms. The van der Waals surface area contributed by atoms with Gasteiger partial charge in [0, 0.05) is 5.39 Å². The highest BCUT2D eigenvalue weighted by Gasteiger charge is 2.13. The van der Waals surface area contributed by atoms with E-state index in [-0.39, 0.29) is 0 Å². The molecule has 1 aromatic carbocycles. The standard InChI is InChI=1S/C16H20O2/c1-2-4-13(5-3-1)8-10-17-15-6-7-16-14(12-15)9-11-18-16/h6-7,9,11-13H,1-5,8,10H2. The van der Waals surface area contributed by atoms with Gasteiger partial charge in [-0.1, -0.05) is 32.1 Å². The van der Waals surface area contributed by atoms with Gasteiger partial charge in [0.05, 0.1) is 12.9 Å². The summed E-state index contributed by atoms with van der Waals surface area (Å²) in [5.41, 5.74) is 0.926. The maximum absolute atomic E-state index is 5.84. The Bertz CT molecular complexity index is 495. The normalized spacial score (nSPS) is 17.1. The summed E-state index contributed by atoms with van der Waals surface area (Å²) in [4.78, 5) is 0. The predicted molar refractivity (Wildman–Crippen MR) is 72.9 cm³/mol. The van der Waals surface area contributed by atoms with E-state index in [2.05, 4.69) is 6.07 Å². The van der Waals surface area contributed by atoms with E-state index < -0.39 is 0 Å². The van der Waals surface area contributed by atoms with Crippen LogP contribution in [0, 0.1) is 5.92 Å². The van der Waals surface area contributed by atoms with E-state index in [1.54, 1.807) is 6.26 Å². The van der Waals surface area contributed by atoms with Crippen molar-refractivity contribution >= 4 is 11.0 Å². The van der Waals surface area contributed by atoms with E-state index in [4.69, 9.17) is 9.15 Å². The first-order chi connectivity index (χ1) is 8.92. The maximum atomic E-state index is 5.84. The van der Waals surface area contributed by atoms with Crippen molar-refractivity contribution in [2.75, 3.05) is 6.61 Å². The van der Waals surface area contributed by atoms with Gasteiger partial charge in [-0.25, -0.2) is 0 Å². The van der Waals surface area contributed by atoms with E-state index in [9.17, 15) is 0 Å². The first kappa shape index (κ1) is 11.6.